The molecule has 2 unspecified atom stereocenters. The molecule has 0 spiro atoms. The summed E-state index contributed by atoms with van der Waals surface area (Å²) in [6.07, 6.45) is 4.83. The molecule has 5 heteroatoms. The molecule has 0 radical (unpaired) electrons. The van der Waals surface area contributed by atoms with Crippen LogP contribution in [-0.2, 0) is 9.47 Å². The van der Waals surface area contributed by atoms with Crippen LogP contribution in [0.15, 0.2) is 4.99 Å². The molecule has 0 aromatic heterocycles. The van der Waals surface area contributed by atoms with Gasteiger partial charge < -0.3 is 20.1 Å². The Morgan fingerprint density at radius 1 is 1.25 bits per heavy atom. The molecule has 2 atom stereocenters. The number of nitrogens with zero attached hydrogens (tertiary/aromatic N) is 1. The molecule has 0 saturated heterocycles. The van der Waals surface area contributed by atoms with Crippen LogP contribution in [0.2, 0.25) is 0 Å². The van der Waals surface area contributed by atoms with Gasteiger partial charge in [-0.2, -0.15) is 0 Å². The Bertz CT molecular complexity index is 272. The van der Waals surface area contributed by atoms with E-state index in [1.165, 1.54) is 19.3 Å². The Kier molecular flexibility index (Phi) is 9.41. The lowest BCUT2D eigenvalue weighted by atomic mass is 10.2. The number of rotatable bonds is 11. The van der Waals surface area contributed by atoms with Gasteiger partial charge in [0.1, 0.15) is 0 Å². The molecule has 1 aliphatic rings. The molecule has 0 heterocycles. The minimum atomic E-state index is 0.630. The van der Waals surface area contributed by atoms with E-state index in [1.54, 1.807) is 7.11 Å². The lowest BCUT2D eigenvalue weighted by molar-refractivity contribution is 0.0702. The summed E-state index contributed by atoms with van der Waals surface area (Å²) >= 11 is 0. The summed E-state index contributed by atoms with van der Waals surface area (Å²) in [5, 5.41) is 6.82. The highest BCUT2D eigenvalue weighted by Gasteiger charge is 2.36. The summed E-state index contributed by atoms with van der Waals surface area (Å²) in [5.74, 6) is 1.80. The third-order valence-electron chi connectivity index (χ3n) is 3.40. The summed E-state index contributed by atoms with van der Waals surface area (Å²) in [5.41, 5.74) is 0. The minimum absolute atomic E-state index is 0.630. The zero-order chi connectivity index (χ0) is 14.6. The summed E-state index contributed by atoms with van der Waals surface area (Å²) in [6.45, 7) is 8.12. The number of hydrogen-bond donors (Lipinski definition) is 2. The number of nitrogens with one attached hydrogen (secondary N) is 2. The monoisotopic (exact) mass is 285 g/mol. The number of methoxy groups -OCH3 is 1. The smallest absolute Gasteiger partial charge is 0.191 e. The van der Waals surface area contributed by atoms with Gasteiger partial charge >= 0.3 is 0 Å². The van der Waals surface area contributed by atoms with E-state index >= 15 is 0 Å². The number of guanidine groups is 1. The van der Waals surface area contributed by atoms with Gasteiger partial charge in [-0.1, -0.05) is 13.3 Å². The zero-order valence-corrected chi connectivity index (χ0v) is 13.3. The quantitative estimate of drug-likeness (QED) is 0.345. The fraction of sp³-hybridized carbons (Fsp3) is 0.933. The Balaban J connectivity index is 2.12. The van der Waals surface area contributed by atoms with Gasteiger partial charge in [0.15, 0.2) is 5.96 Å². The van der Waals surface area contributed by atoms with Crippen molar-refractivity contribution in [1.82, 2.24) is 10.6 Å². The van der Waals surface area contributed by atoms with Crippen molar-refractivity contribution in [2.45, 2.75) is 45.6 Å². The van der Waals surface area contributed by atoms with Gasteiger partial charge in [-0.05, 0) is 32.1 Å². The second-order valence-electron chi connectivity index (χ2n) is 5.25. The fourth-order valence-electron chi connectivity index (χ4n) is 2.21. The Morgan fingerprint density at radius 3 is 2.80 bits per heavy atom. The second-order valence-corrected chi connectivity index (χ2v) is 5.25. The van der Waals surface area contributed by atoms with Gasteiger partial charge in [0.05, 0.1) is 13.2 Å². The number of ether oxygens (including phenoxy) is 2. The van der Waals surface area contributed by atoms with E-state index in [0.717, 1.165) is 38.0 Å². The molecule has 118 valence electrons. The average molecular weight is 285 g/mol. The molecule has 0 aromatic carbocycles. The average Bonchev–Trinajstić information content (AvgIpc) is 3.16. The molecule has 0 aliphatic heterocycles. The van der Waals surface area contributed by atoms with Gasteiger partial charge in [0, 0.05) is 32.8 Å². The van der Waals surface area contributed by atoms with Crippen LogP contribution in [-0.4, -0.2) is 52.0 Å². The summed E-state index contributed by atoms with van der Waals surface area (Å²) in [4.78, 5) is 4.59. The first kappa shape index (κ1) is 17.2. The van der Waals surface area contributed by atoms with E-state index in [4.69, 9.17) is 9.47 Å². The van der Waals surface area contributed by atoms with E-state index in [-0.39, 0.29) is 0 Å². The van der Waals surface area contributed by atoms with Crippen LogP contribution >= 0.6 is 0 Å². The Hall–Kier alpha value is -0.810. The van der Waals surface area contributed by atoms with Crippen LogP contribution in [0.5, 0.6) is 0 Å². The fourth-order valence-corrected chi connectivity index (χ4v) is 2.21. The third kappa shape index (κ3) is 7.70. The van der Waals surface area contributed by atoms with Crippen LogP contribution in [0.25, 0.3) is 0 Å². The third-order valence-corrected chi connectivity index (χ3v) is 3.40. The highest BCUT2D eigenvalue weighted by atomic mass is 16.5. The van der Waals surface area contributed by atoms with Crippen molar-refractivity contribution >= 4 is 5.96 Å². The molecular formula is C15H31N3O2. The standard InChI is InChI=1S/C15H31N3O2/c1-4-7-13-12-14(13)18-15(16-5-2)17-8-6-9-20-11-10-19-3/h13-14H,4-12H2,1-3H3,(H2,16,17,18). The second kappa shape index (κ2) is 10.9. The molecule has 2 N–H and O–H groups in total. The van der Waals surface area contributed by atoms with Gasteiger partial charge in [-0.15, -0.1) is 0 Å². The Morgan fingerprint density at radius 2 is 2.10 bits per heavy atom. The summed E-state index contributed by atoms with van der Waals surface area (Å²) < 4.78 is 10.3. The zero-order valence-electron chi connectivity index (χ0n) is 13.3. The molecular weight excluding hydrogens is 254 g/mol. The molecule has 1 fully saturated rings. The Labute approximate surface area is 123 Å². The van der Waals surface area contributed by atoms with Crippen LogP contribution < -0.4 is 10.6 Å². The molecule has 1 rings (SSSR count). The lowest BCUT2D eigenvalue weighted by Gasteiger charge is -2.11. The first-order chi connectivity index (χ1) is 9.81. The van der Waals surface area contributed by atoms with Crippen LogP contribution in [0, 0.1) is 5.92 Å². The van der Waals surface area contributed by atoms with E-state index in [0.29, 0.717) is 19.3 Å². The van der Waals surface area contributed by atoms with Crippen molar-refractivity contribution in [2.75, 3.05) is 40.0 Å². The molecule has 5 nitrogen and oxygen atoms in total. The van der Waals surface area contributed by atoms with Crippen molar-refractivity contribution < 1.29 is 9.47 Å². The lowest BCUT2D eigenvalue weighted by Crippen LogP contribution is -2.39. The largest absolute Gasteiger partial charge is 0.382 e. The van der Waals surface area contributed by atoms with Crippen molar-refractivity contribution in [1.29, 1.82) is 0 Å². The van der Waals surface area contributed by atoms with Gasteiger partial charge in [-0.25, -0.2) is 0 Å². The van der Waals surface area contributed by atoms with Crippen LogP contribution in [0.3, 0.4) is 0 Å². The van der Waals surface area contributed by atoms with Crippen LogP contribution in [0.4, 0.5) is 0 Å². The van der Waals surface area contributed by atoms with Gasteiger partial charge in [0.25, 0.3) is 0 Å². The SMILES string of the molecule is CCCC1CC1NC(=NCCCOCCOC)NCC. The number of aliphatic imine (C=N–C) groups is 1. The minimum Gasteiger partial charge on any atom is -0.382 e. The van der Waals surface area contributed by atoms with E-state index < -0.39 is 0 Å². The predicted octanol–water partition coefficient (Wildman–Crippen LogP) is 1.78. The topological polar surface area (TPSA) is 54.9 Å². The maximum atomic E-state index is 5.42. The van der Waals surface area contributed by atoms with Gasteiger partial charge in [-0.3, -0.25) is 4.99 Å². The van der Waals surface area contributed by atoms with E-state index in [9.17, 15) is 0 Å². The van der Waals surface area contributed by atoms with E-state index in [2.05, 4.69) is 29.5 Å². The van der Waals surface area contributed by atoms with E-state index in [1.807, 2.05) is 0 Å². The van der Waals surface area contributed by atoms with Crippen molar-refractivity contribution in [2.24, 2.45) is 10.9 Å². The number of hydrogen-bond acceptors (Lipinski definition) is 3. The molecule has 0 bridgehead atoms. The summed E-state index contributed by atoms with van der Waals surface area (Å²) in [7, 11) is 1.69. The van der Waals surface area contributed by atoms with Crippen molar-refractivity contribution in [3.8, 4) is 0 Å². The molecule has 1 aliphatic carbocycles. The van der Waals surface area contributed by atoms with Crippen molar-refractivity contribution in [3.63, 3.8) is 0 Å². The highest BCUT2D eigenvalue weighted by Crippen LogP contribution is 2.34. The predicted molar refractivity (Wildman–Crippen MR) is 83.2 cm³/mol. The highest BCUT2D eigenvalue weighted by molar-refractivity contribution is 5.80. The molecule has 20 heavy (non-hydrogen) atoms. The van der Waals surface area contributed by atoms with Gasteiger partial charge in [0.2, 0.25) is 0 Å². The van der Waals surface area contributed by atoms with Crippen molar-refractivity contribution in [3.05, 3.63) is 0 Å². The maximum absolute atomic E-state index is 5.42. The first-order valence-electron chi connectivity index (χ1n) is 7.93. The van der Waals surface area contributed by atoms with Crippen LogP contribution in [0.1, 0.15) is 39.5 Å². The summed E-state index contributed by atoms with van der Waals surface area (Å²) in [6, 6.07) is 0.630. The maximum Gasteiger partial charge on any atom is 0.191 e. The molecule has 0 amide bonds. The first-order valence-corrected chi connectivity index (χ1v) is 7.93. The molecule has 1 saturated carbocycles. The normalized spacial score (nSPS) is 21.9. The molecule has 0 aromatic rings.